The van der Waals surface area contributed by atoms with Gasteiger partial charge in [-0.1, -0.05) is 47.6 Å². The van der Waals surface area contributed by atoms with Gasteiger partial charge in [-0.3, -0.25) is 4.79 Å². The molecule has 0 spiro atoms. The largest absolute Gasteiger partial charge is 0.488 e. The van der Waals surface area contributed by atoms with E-state index in [-0.39, 0.29) is 31.4 Å². The molecule has 1 saturated heterocycles. The zero-order valence-electron chi connectivity index (χ0n) is 18.7. The molecule has 0 bridgehead atoms. The third-order valence-corrected chi connectivity index (χ3v) is 7.63. The van der Waals surface area contributed by atoms with Crippen LogP contribution in [0.5, 0.6) is 5.75 Å². The van der Waals surface area contributed by atoms with Crippen LogP contribution >= 0.6 is 0 Å². The number of benzene rings is 2. The first-order valence-electron chi connectivity index (χ1n) is 10.8. The van der Waals surface area contributed by atoms with E-state index in [0.29, 0.717) is 30.2 Å². The quantitative estimate of drug-likeness (QED) is 0.528. The highest BCUT2D eigenvalue weighted by Gasteiger charge is 2.30. The summed E-state index contributed by atoms with van der Waals surface area (Å²) in [7, 11) is -3.44. The lowest BCUT2D eigenvalue weighted by atomic mass is 10.1. The summed E-state index contributed by atoms with van der Waals surface area (Å²) in [6.45, 7) is 5.09. The SMILES string of the molecule is Cc1noc(C)c1COc1ccccc1C(=O)N1CCN(S(=O)(=O)Cc2ccccc2)CC1. The molecule has 0 unspecified atom stereocenters. The van der Waals surface area contributed by atoms with Gasteiger partial charge in [-0.2, -0.15) is 4.31 Å². The van der Waals surface area contributed by atoms with Crippen molar-refractivity contribution in [3.8, 4) is 5.75 Å². The van der Waals surface area contributed by atoms with Crippen LogP contribution in [0, 0.1) is 13.8 Å². The second-order valence-electron chi connectivity index (χ2n) is 8.02. The minimum absolute atomic E-state index is 0.0415. The van der Waals surface area contributed by atoms with Crippen LogP contribution in [-0.4, -0.2) is 54.9 Å². The minimum atomic E-state index is -3.44. The molecule has 1 fully saturated rings. The number of para-hydroxylation sites is 1. The van der Waals surface area contributed by atoms with Crippen molar-refractivity contribution in [2.24, 2.45) is 0 Å². The molecule has 2 heterocycles. The minimum Gasteiger partial charge on any atom is -0.488 e. The van der Waals surface area contributed by atoms with Gasteiger partial charge in [0.05, 0.1) is 22.6 Å². The van der Waals surface area contributed by atoms with Crippen molar-refractivity contribution in [3.05, 3.63) is 82.7 Å². The molecule has 1 amide bonds. The van der Waals surface area contributed by atoms with Gasteiger partial charge in [0, 0.05) is 26.2 Å². The number of hydrogen-bond donors (Lipinski definition) is 0. The Bertz CT molecular complexity index is 1200. The molecule has 0 saturated carbocycles. The summed E-state index contributed by atoms with van der Waals surface area (Å²) in [5, 5.41) is 3.93. The molecule has 1 aromatic heterocycles. The molecule has 9 heteroatoms. The Morgan fingerprint density at radius 1 is 1.00 bits per heavy atom. The van der Waals surface area contributed by atoms with E-state index in [4.69, 9.17) is 9.26 Å². The lowest BCUT2D eigenvalue weighted by Crippen LogP contribution is -2.50. The van der Waals surface area contributed by atoms with Crippen LogP contribution in [-0.2, 0) is 22.4 Å². The van der Waals surface area contributed by atoms with E-state index in [1.54, 1.807) is 35.2 Å². The average Bonchev–Trinajstić information content (AvgIpc) is 3.15. The number of aromatic nitrogens is 1. The molecule has 0 atom stereocenters. The third-order valence-electron chi connectivity index (χ3n) is 5.78. The van der Waals surface area contributed by atoms with Crippen molar-refractivity contribution in [1.82, 2.24) is 14.4 Å². The molecule has 3 aromatic rings. The summed E-state index contributed by atoms with van der Waals surface area (Å²) in [4.78, 5) is 14.9. The Kier molecular flexibility index (Phi) is 6.80. The normalized spacial score (nSPS) is 14.9. The Balaban J connectivity index is 1.40. The predicted molar refractivity (Wildman–Crippen MR) is 123 cm³/mol. The van der Waals surface area contributed by atoms with Crippen LogP contribution in [0.1, 0.15) is 32.9 Å². The monoisotopic (exact) mass is 469 g/mol. The van der Waals surface area contributed by atoms with Crippen molar-refractivity contribution < 1.29 is 22.5 Å². The highest BCUT2D eigenvalue weighted by molar-refractivity contribution is 7.88. The van der Waals surface area contributed by atoms with Gasteiger partial charge in [0.15, 0.2) is 0 Å². The van der Waals surface area contributed by atoms with Crippen LogP contribution in [0.3, 0.4) is 0 Å². The maximum Gasteiger partial charge on any atom is 0.257 e. The van der Waals surface area contributed by atoms with Crippen LogP contribution in [0.15, 0.2) is 59.1 Å². The van der Waals surface area contributed by atoms with Gasteiger partial charge in [0.1, 0.15) is 18.1 Å². The number of aryl methyl sites for hydroxylation is 2. The van der Waals surface area contributed by atoms with Crippen molar-refractivity contribution >= 4 is 15.9 Å². The maximum atomic E-state index is 13.2. The van der Waals surface area contributed by atoms with Gasteiger partial charge < -0.3 is 14.2 Å². The molecule has 0 N–H and O–H groups in total. The first kappa shape index (κ1) is 23.0. The van der Waals surface area contributed by atoms with E-state index in [9.17, 15) is 13.2 Å². The number of carbonyl (C=O) groups is 1. The summed E-state index contributed by atoms with van der Waals surface area (Å²) < 4.78 is 38.2. The lowest BCUT2D eigenvalue weighted by Gasteiger charge is -2.34. The van der Waals surface area contributed by atoms with Crippen molar-refractivity contribution in [2.75, 3.05) is 26.2 Å². The standard InChI is InChI=1S/C24H27N3O5S/c1-18-22(19(2)32-25-18)16-31-23-11-7-6-10-21(23)24(28)26-12-14-27(15-13-26)33(29,30)17-20-8-4-3-5-9-20/h3-11H,12-17H2,1-2H3. The van der Waals surface area contributed by atoms with Gasteiger partial charge in [0.2, 0.25) is 10.0 Å². The third kappa shape index (κ3) is 5.26. The van der Waals surface area contributed by atoms with Crippen molar-refractivity contribution in [2.45, 2.75) is 26.2 Å². The predicted octanol–water partition coefficient (Wildman–Crippen LogP) is 3.16. The molecule has 174 valence electrons. The Morgan fingerprint density at radius 2 is 1.67 bits per heavy atom. The number of ether oxygens (including phenoxy) is 1. The number of nitrogens with zero attached hydrogens (tertiary/aromatic N) is 3. The van der Waals surface area contributed by atoms with Gasteiger partial charge in [-0.15, -0.1) is 0 Å². The Morgan fingerprint density at radius 3 is 2.33 bits per heavy atom. The molecule has 8 nitrogen and oxygen atoms in total. The summed E-state index contributed by atoms with van der Waals surface area (Å²) in [6, 6.07) is 16.2. The van der Waals surface area contributed by atoms with Crippen LogP contribution in [0.2, 0.25) is 0 Å². The van der Waals surface area contributed by atoms with Crippen molar-refractivity contribution in [1.29, 1.82) is 0 Å². The number of piperazine rings is 1. The fourth-order valence-corrected chi connectivity index (χ4v) is 5.36. The van der Waals surface area contributed by atoms with E-state index >= 15 is 0 Å². The van der Waals surface area contributed by atoms with Gasteiger partial charge in [-0.05, 0) is 31.5 Å². The molecule has 1 aliphatic heterocycles. The topological polar surface area (TPSA) is 93.0 Å². The summed E-state index contributed by atoms with van der Waals surface area (Å²) in [5.41, 5.74) is 2.81. The highest BCUT2D eigenvalue weighted by atomic mass is 32.2. The highest BCUT2D eigenvalue weighted by Crippen LogP contribution is 2.24. The van der Waals surface area contributed by atoms with Gasteiger partial charge in [0.25, 0.3) is 5.91 Å². The maximum absolute atomic E-state index is 13.2. The van der Waals surface area contributed by atoms with E-state index in [1.165, 1.54) is 4.31 Å². The summed E-state index contributed by atoms with van der Waals surface area (Å²) in [5.74, 6) is 0.940. The Hall–Kier alpha value is -3.17. The molecular weight excluding hydrogens is 442 g/mol. The number of sulfonamides is 1. The van der Waals surface area contributed by atoms with E-state index in [1.807, 2.05) is 38.1 Å². The van der Waals surface area contributed by atoms with Crippen LogP contribution in [0.4, 0.5) is 0 Å². The fraction of sp³-hybridized carbons (Fsp3) is 0.333. The van der Waals surface area contributed by atoms with E-state index in [0.717, 1.165) is 16.8 Å². The van der Waals surface area contributed by atoms with Crippen LogP contribution in [0.25, 0.3) is 0 Å². The van der Waals surface area contributed by atoms with E-state index in [2.05, 4.69) is 5.16 Å². The second-order valence-corrected chi connectivity index (χ2v) is 9.99. The first-order valence-corrected chi connectivity index (χ1v) is 12.4. The number of amides is 1. The number of hydrogen-bond acceptors (Lipinski definition) is 6. The molecule has 0 aliphatic carbocycles. The van der Waals surface area contributed by atoms with Gasteiger partial charge >= 0.3 is 0 Å². The molecule has 2 aromatic carbocycles. The van der Waals surface area contributed by atoms with E-state index < -0.39 is 10.0 Å². The zero-order valence-corrected chi connectivity index (χ0v) is 19.5. The van der Waals surface area contributed by atoms with Crippen LogP contribution < -0.4 is 4.74 Å². The Labute approximate surface area is 193 Å². The van der Waals surface area contributed by atoms with Crippen molar-refractivity contribution in [3.63, 3.8) is 0 Å². The molecule has 33 heavy (non-hydrogen) atoms. The first-order chi connectivity index (χ1) is 15.8. The molecule has 1 aliphatic rings. The molecular formula is C24H27N3O5S. The second kappa shape index (κ2) is 9.76. The fourth-order valence-electron chi connectivity index (χ4n) is 3.84. The lowest BCUT2D eigenvalue weighted by molar-refractivity contribution is 0.0693. The number of carbonyl (C=O) groups excluding carboxylic acids is 1. The number of rotatable bonds is 7. The summed E-state index contributed by atoms with van der Waals surface area (Å²) >= 11 is 0. The summed E-state index contributed by atoms with van der Waals surface area (Å²) in [6.07, 6.45) is 0. The molecule has 4 rings (SSSR count). The van der Waals surface area contributed by atoms with Gasteiger partial charge in [-0.25, -0.2) is 8.42 Å². The zero-order chi connectivity index (χ0) is 23.4. The average molecular weight is 470 g/mol. The molecule has 0 radical (unpaired) electrons. The smallest absolute Gasteiger partial charge is 0.257 e.